The number of rotatable bonds is 6. The van der Waals surface area contributed by atoms with Crippen molar-refractivity contribution in [3.05, 3.63) is 35.6 Å². The SMILES string of the molecule is CS(=O)(=O)N(CCNC(=O)c1ccc(F)cc1)C1CCCCC1. The van der Waals surface area contributed by atoms with E-state index in [1.807, 2.05) is 0 Å². The Bertz CT molecular complexity index is 625. The monoisotopic (exact) mass is 342 g/mol. The maximum atomic E-state index is 12.8. The molecule has 2 rings (SSSR count). The average molecular weight is 342 g/mol. The van der Waals surface area contributed by atoms with E-state index in [4.69, 9.17) is 0 Å². The molecule has 1 aromatic rings. The molecule has 0 heterocycles. The van der Waals surface area contributed by atoms with Crippen molar-refractivity contribution in [1.29, 1.82) is 0 Å². The zero-order valence-corrected chi connectivity index (χ0v) is 14.1. The van der Waals surface area contributed by atoms with E-state index in [-0.39, 0.29) is 25.0 Å². The Labute approximate surface area is 136 Å². The van der Waals surface area contributed by atoms with Gasteiger partial charge < -0.3 is 5.32 Å². The van der Waals surface area contributed by atoms with Gasteiger partial charge in [-0.15, -0.1) is 0 Å². The summed E-state index contributed by atoms with van der Waals surface area (Å²) in [4.78, 5) is 12.0. The third kappa shape index (κ3) is 5.28. The van der Waals surface area contributed by atoms with Gasteiger partial charge in [-0.25, -0.2) is 12.8 Å². The number of hydrogen-bond donors (Lipinski definition) is 1. The van der Waals surface area contributed by atoms with Crippen molar-refractivity contribution in [3.8, 4) is 0 Å². The van der Waals surface area contributed by atoms with Crippen LogP contribution in [-0.2, 0) is 10.0 Å². The molecule has 0 bridgehead atoms. The average Bonchev–Trinajstić information content (AvgIpc) is 2.51. The third-order valence-electron chi connectivity index (χ3n) is 4.13. The third-order valence-corrected chi connectivity index (χ3v) is 5.46. The lowest BCUT2D eigenvalue weighted by molar-refractivity contribution is 0.0949. The highest BCUT2D eigenvalue weighted by Gasteiger charge is 2.27. The van der Waals surface area contributed by atoms with Gasteiger partial charge in [0.15, 0.2) is 0 Å². The topological polar surface area (TPSA) is 66.5 Å². The molecule has 0 atom stereocenters. The summed E-state index contributed by atoms with van der Waals surface area (Å²) in [6, 6.07) is 5.28. The number of sulfonamides is 1. The van der Waals surface area contributed by atoms with Crippen LogP contribution >= 0.6 is 0 Å². The van der Waals surface area contributed by atoms with E-state index in [0.29, 0.717) is 5.56 Å². The van der Waals surface area contributed by atoms with Crippen LogP contribution in [0.3, 0.4) is 0 Å². The lowest BCUT2D eigenvalue weighted by Gasteiger charge is -2.32. The molecular formula is C16H23FN2O3S. The van der Waals surface area contributed by atoms with E-state index in [2.05, 4.69) is 5.32 Å². The first kappa shape index (κ1) is 17.9. The van der Waals surface area contributed by atoms with Crippen LogP contribution in [0.2, 0.25) is 0 Å². The summed E-state index contributed by atoms with van der Waals surface area (Å²) >= 11 is 0. The second kappa shape index (κ2) is 7.88. The van der Waals surface area contributed by atoms with Gasteiger partial charge in [-0.1, -0.05) is 19.3 Å². The Kier molecular flexibility index (Phi) is 6.12. The first-order valence-corrected chi connectivity index (χ1v) is 9.73. The lowest BCUT2D eigenvalue weighted by atomic mass is 9.95. The second-order valence-electron chi connectivity index (χ2n) is 5.93. The molecule has 1 fully saturated rings. The quantitative estimate of drug-likeness (QED) is 0.861. The summed E-state index contributed by atoms with van der Waals surface area (Å²) in [5.41, 5.74) is 0.356. The number of benzene rings is 1. The van der Waals surface area contributed by atoms with Crippen LogP contribution in [0.15, 0.2) is 24.3 Å². The molecule has 1 N–H and O–H groups in total. The van der Waals surface area contributed by atoms with Crippen LogP contribution < -0.4 is 5.32 Å². The standard InChI is InChI=1S/C16H23FN2O3S/c1-23(21,22)19(15-5-3-2-4-6-15)12-11-18-16(20)13-7-9-14(17)10-8-13/h7-10,15H,2-6,11-12H2,1H3,(H,18,20). The fourth-order valence-electron chi connectivity index (χ4n) is 2.97. The summed E-state index contributed by atoms with van der Waals surface area (Å²) < 4.78 is 38.3. The predicted octanol–water partition coefficient (Wildman–Crippen LogP) is 2.15. The molecule has 1 aliphatic rings. The van der Waals surface area contributed by atoms with Crippen molar-refractivity contribution >= 4 is 15.9 Å². The highest BCUT2D eigenvalue weighted by molar-refractivity contribution is 7.88. The van der Waals surface area contributed by atoms with Gasteiger partial charge in [0.1, 0.15) is 5.82 Å². The van der Waals surface area contributed by atoms with Crippen molar-refractivity contribution < 1.29 is 17.6 Å². The zero-order chi connectivity index (χ0) is 16.9. The minimum Gasteiger partial charge on any atom is -0.351 e. The summed E-state index contributed by atoms with van der Waals surface area (Å²) in [5, 5.41) is 2.69. The molecule has 0 aliphatic heterocycles. The molecule has 7 heteroatoms. The van der Waals surface area contributed by atoms with Gasteiger partial charge in [0, 0.05) is 24.7 Å². The molecule has 0 radical (unpaired) electrons. The smallest absolute Gasteiger partial charge is 0.251 e. The highest BCUT2D eigenvalue weighted by Crippen LogP contribution is 2.24. The van der Waals surface area contributed by atoms with Gasteiger partial charge in [0.2, 0.25) is 10.0 Å². The van der Waals surface area contributed by atoms with Gasteiger partial charge in [-0.3, -0.25) is 4.79 Å². The van der Waals surface area contributed by atoms with Gasteiger partial charge in [0.05, 0.1) is 6.26 Å². The van der Waals surface area contributed by atoms with Gasteiger partial charge in [-0.05, 0) is 37.1 Å². The van der Waals surface area contributed by atoms with Gasteiger partial charge in [0.25, 0.3) is 5.91 Å². The molecule has 1 saturated carbocycles. The fourth-order valence-corrected chi connectivity index (χ4v) is 4.15. The van der Waals surface area contributed by atoms with Crippen LogP contribution in [0.4, 0.5) is 4.39 Å². The van der Waals surface area contributed by atoms with E-state index in [9.17, 15) is 17.6 Å². The second-order valence-corrected chi connectivity index (χ2v) is 7.86. The van der Waals surface area contributed by atoms with Crippen LogP contribution in [0.5, 0.6) is 0 Å². The largest absolute Gasteiger partial charge is 0.351 e. The molecule has 0 aromatic heterocycles. The molecule has 0 unspecified atom stereocenters. The number of carbonyl (C=O) groups excluding carboxylic acids is 1. The fraction of sp³-hybridized carbons (Fsp3) is 0.562. The Morgan fingerprint density at radius 2 is 1.83 bits per heavy atom. The number of halogens is 1. The van der Waals surface area contributed by atoms with Gasteiger partial charge >= 0.3 is 0 Å². The maximum absolute atomic E-state index is 12.8. The van der Waals surface area contributed by atoms with Crippen molar-refractivity contribution in [2.24, 2.45) is 0 Å². The molecule has 128 valence electrons. The van der Waals surface area contributed by atoms with E-state index in [0.717, 1.165) is 32.1 Å². The van der Waals surface area contributed by atoms with Crippen molar-refractivity contribution in [2.75, 3.05) is 19.3 Å². The van der Waals surface area contributed by atoms with Gasteiger partial charge in [-0.2, -0.15) is 4.31 Å². The minimum atomic E-state index is -3.30. The zero-order valence-electron chi connectivity index (χ0n) is 13.3. The molecule has 0 saturated heterocycles. The van der Waals surface area contributed by atoms with E-state index in [1.165, 1.54) is 34.8 Å². The molecule has 5 nitrogen and oxygen atoms in total. The van der Waals surface area contributed by atoms with Crippen LogP contribution in [0.1, 0.15) is 42.5 Å². The summed E-state index contributed by atoms with van der Waals surface area (Å²) in [6.07, 6.45) is 6.19. The highest BCUT2D eigenvalue weighted by atomic mass is 32.2. The number of carbonyl (C=O) groups is 1. The first-order chi connectivity index (χ1) is 10.9. The Hall–Kier alpha value is -1.47. The minimum absolute atomic E-state index is 0.0291. The Balaban J connectivity index is 1.91. The van der Waals surface area contributed by atoms with E-state index < -0.39 is 15.8 Å². The lowest BCUT2D eigenvalue weighted by Crippen LogP contribution is -2.45. The Morgan fingerprint density at radius 3 is 2.39 bits per heavy atom. The molecule has 0 spiro atoms. The van der Waals surface area contributed by atoms with Crippen molar-refractivity contribution in [1.82, 2.24) is 9.62 Å². The molecular weight excluding hydrogens is 319 g/mol. The van der Waals surface area contributed by atoms with Crippen LogP contribution in [0, 0.1) is 5.82 Å². The van der Waals surface area contributed by atoms with E-state index in [1.54, 1.807) is 0 Å². The molecule has 23 heavy (non-hydrogen) atoms. The van der Waals surface area contributed by atoms with Crippen molar-refractivity contribution in [2.45, 2.75) is 38.1 Å². The number of hydrogen-bond acceptors (Lipinski definition) is 3. The van der Waals surface area contributed by atoms with Crippen molar-refractivity contribution in [3.63, 3.8) is 0 Å². The molecule has 1 aliphatic carbocycles. The number of nitrogens with zero attached hydrogens (tertiary/aromatic N) is 1. The summed E-state index contributed by atoms with van der Waals surface area (Å²) in [5.74, 6) is -0.732. The summed E-state index contributed by atoms with van der Waals surface area (Å²) in [7, 11) is -3.30. The molecule has 1 aromatic carbocycles. The first-order valence-electron chi connectivity index (χ1n) is 7.88. The van der Waals surface area contributed by atoms with E-state index >= 15 is 0 Å². The van der Waals surface area contributed by atoms with Crippen LogP contribution in [-0.4, -0.2) is 44.0 Å². The maximum Gasteiger partial charge on any atom is 0.251 e. The predicted molar refractivity (Wildman–Crippen MR) is 87.2 cm³/mol. The Morgan fingerprint density at radius 1 is 1.22 bits per heavy atom. The number of amides is 1. The van der Waals surface area contributed by atoms with Crippen LogP contribution in [0.25, 0.3) is 0 Å². The number of nitrogens with one attached hydrogen (secondary N) is 1. The normalized spacial score (nSPS) is 16.5. The summed E-state index contributed by atoms with van der Waals surface area (Å²) in [6.45, 7) is 0.496. The molecule has 1 amide bonds.